The molecule has 2 amide bonds. The van der Waals surface area contributed by atoms with Crippen LogP contribution in [0.25, 0.3) is 0 Å². The molecule has 1 saturated heterocycles. The van der Waals surface area contributed by atoms with E-state index in [1.54, 1.807) is 12.1 Å². The maximum Gasteiger partial charge on any atom is 0.225 e. The van der Waals surface area contributed by atoms with E-state index >= 15 is 0 Å². The topological polar surface area (TPSA) is 94.9 Å². The van der Waals surface area contributed by atoms with E-state index in [4.69, 9.17) is 5.26 Å². The molecule has 5 fully saturated rings. The highest BCUT2D eigenvalue weighted by molar-refractivity contribution is 5.90. The maximum atomic E-state index is 12.9. The number of pyridine rings is 1. The van der Waals surface area contributed by atoms with Gasteiger partial charge in [0.2, 0.25) is 11.8 Å². The molecule has 6 rings (SSSR count). The van der Waals surface area contributed by atoms with Gasteiger partial charge in [0.05, 0.1) is 5.56 Å². The molecule has 1 aliphatic heterocycles. The van der Waals surface area contributed by atoms with Gasteiger partial charge in [-0.15, -0.1) is 0 Å². The SMILES string of the molecule is C[C@]12CCC(=O)NC1C1(CC1)CC1C2CC[C@]2(C)[C@@H](CC(=O)Nc3ccc(C#N)cn3)CC[C@@H]12. The Morgan fingerprint density at radius 3 is 2.65 bits per heavy atom. The Labute approximate surface area is 202 Å². The van der Waals surface area contributed by atoms with Crippen LogP contribution in [0.15, 0.2) is 18.3 Å². The lowest BCUT2D eigenvalue weighted by Gasteiger charge is -2.63. The van der Waals surface area contributed by atoms with Crippen molar-refractivity contribution >= 4 is 17.6 Å². The molecule has 7 atom stereocenters. The summed E-state index contributed by atoms with van der Waals surface area (Å²) in [5.41, 5.74) is 1.27. The first kappa shape index (κ1) is 22.1. The lowest BCUT2D eigenvalue weighted by molar-refractivity contribution is -0.147. The smallest absolute Gasteiger partial charge is 0.225 e. The Morgan fingerprint density at radius 2 is 1.94 bits per heavy atom. The molecule has 0 radical (unpaired) electrons. The Kier molecular flexibility index (Phi) is 4.89. The third-order valence-corrected chi connectivity index (χ3v) is 11.1. The molecule has 5 aliphatic rings. The second kappa shape index (κ2) is 7.54. The van der Waals surface area contributed by atoms with Gasteiger partial charge in [-0.3, -0.25) is 9.59 Å². The molecule has 0 aromatic carbocycles. The van der Waals surface area contributed by atoms with Gasteiger partial charge in [0.1, 0.15) is 11.9 Å². The number of nitrogens with zero attached hydrogens (tertiary/aromatic N) is 2. The zero-order chi connectivity index (χ0) is 23.7. The molecular weight excluding hydrogens is 424 g/mol. The molecule has 1 spiro atoms. The summed E-state index contributed by atoms with van der Waals surface area (Å²) in [5.74, 6) is 3.33. The number of anilines is 1. The van der Waals surface area contributed by atoms with Crippen molar-refractivity contribution in [2.45, 2.75) is 84.1 Å². The Morgan fingerprint density at radius 1 is 1.15 bits per heavy atom. The van der Waals surface area contributed by atoms with Gasteiger partial charge in [-0.05, 0) is 103 Å². The average molecular weight is 461 g/mol. The highest BCUT2D eigenvalue weighted by atomic mass is 16.2. The molecule has 4 aliphatic carbocycles. The summed E-state index contributed by atoms with van der Waals surface area (Å²) in [7, 11) is 0. The number of carbonyl (C=O) groups excluding carboxylic acids is 2. The first-order valence-corrected chi connectivity index (χ1v) is 13.2. The third-order valence-electron chi connectivity index (χ3n) is 11.1. The number of aromatic nitrogens is 1. The number of nitriles is 1. The standard InChI is InChI=1S/C28H36N4O2/c1-26-9-7-21-19(14-28(11-12-28)25-27(21,2)10-8-23(33)32-25)20(26)5-4-18(26)13-24(34)31-22-6-3-17(15-29)16-30-22/h3,6,16,18-21,25H,4-5,7-14H2,1-2H3,(H,32,33)(H,30,31,34)/t18-,19?,20+,21?,25?,26-,27-/m1/s1. The minimum Gasteiger partial charge on any atom is -0.352 e. The molecule has 1 aromatic rings. The summed E-state index contributed by atoms with van der Waals surface area (Å²) in [6.45, 7) is 4.95. The van der Waals surface area contributed by atoms with Gasteiger partial charge in [-0.2, -0.15) is 5.26 Å². The molecule has 34 heavy (non-hydrogen) atoms. The molecule has 2 N–H and O–H groups in total. The van der Waals surface area contributed by atoms with Crippen molar-refractivity contribution in [2.24, 2.45) is 39.9 Å². The van der Waals surface area contributed by atoms with E-state index in [2.05, 4.69) is 35.5 Å². The van der Waals surface area contributed by atoms with Crippen LogP contribution in [0.5, 0.6) is 0 Å². The minimum atomic E-state index is 0.0375. The number of fused-ring (bicyclic) bond motifs is 6. The van der Waals surface area contributed by atoms with Gasteiger partial charge in [0.25, 0.3) is 0 Å². The van der Waals surface area contributed by atoms with Gasteiger partial charge < -0.3 is 10.6 Å². The first-order valence-electron chi connectivity index (χ1n) is 13.2. The minimum absolute atomic E-state index is 0.0375. The second-order valence-corrected chi connectivity index (χ2v) is 12.6. The van der Waals surface area contributed by atoms with E-state index in [1.807, 2.05) is 0 Å². The number of piperidine rings is 1. The summed E-state index contributed by atoms with van der Waals surface area (Å²) >= 11 is 0. The predicted octanol–water partition coefficient (Wildman–Crippen LogP) is 4.81. The highest BCUT2D eigenvalue weighted by Gasteiger charge is 2.68. The molecule has 1 aromatic heterocycles. The Hall–Kier alpha value is -2.42. The highest BCUT2D eigenvalue weighted by Crippen LogP contribution is 2.72. The predicted molar refractivity (Wildman–Crippen MR) is 128 cm³/mol. The molecular formula is C28H36N4O2. The van der Waals surface area contributed by atoms with Gasteiger partial charge >= 0.3 is 0 Å². The van der Waals surface area contributed by atoms with E-state index in [0.717, 1.165) is 18.8 Å². The lowest BCUT2D eigenvalue weighted by Crippen LogP contribution is -2.65. The molecule has 0 bridgehead atoms. The fraction of sp³-hybridized carbons (Fsp3) is 0.714. The lowest BCUT2D eigenvalue weighted by atomic mass is 9.44. The van der Waals surface area contributed by atoms with Crippen LogP contribution in [-0.4, -0.2) is 22.8 Å². The largest absolute Gasteiger partial charge is 0.352 e. The number of rotatable bonds is 3. The second-order valence-electron chi connectivity index (χ2n) is 12.6. The van der Waals surface area contributed by atoms with Crippen molar-refractivity contribution in [2.75, 3.05) is 5.32 Å². The molecule has 6 nitrogen and oxygen atoms in total. The van der Waals surface area contributed by atoms with Gasteiger partial charge in [0, 0.05) is 25.1 Å². The fourth-order valence-corrected chi connectivity index (χ4v) is 9.20. The molecule has 6 heteroatoms. The average Bonchev–Trinajstić information content (AvgIpc) is 3.51. The van der Waals surface area contributed by atoms with Crippen LogP contribution in [0.1, 0.15) is 83.6 Å². The zero-order valence-electron chi connectivity index (χ0n) is 20.4. The Balaban J connectivity index is 1.19. The van der Waals surface area contributed by atoms with Crippen LogP contribution in [0.2, 0.25) is 0 Å². The number of amides is 2. The van der Waals surface area contributed by atoms with E-state index in [0.29, 0.717) is 53.4 Å². The van der Waals surface area contributed by atoms with E-state index < -0.39 is 0 Å². The monoisotopic (exact) mass is 460 g/mol. The maximum absolute atomic E-state index is 12.9. The van der Waals surface area contributed by atoms with E-state index in [1.165, 1.54) is 44.7 Å². The van der Waals surface area contributed by atoms with Crippen LogP contribution in [0.3, 0.4) is 0 Å². The zero-order valence-corrected chi connectivity index (χ0v) is 20.4. The Bertz CT molecular complexity index is 1060. The van der Waals surface area contributed by atoms with Crippen LogP contribution in [0, 0.1) is 51.2 Å². The van der Waals surface area contributed by atoms with E-state index in [-0.39, 0.29) is 22.6 Å². The van der Waals surface area contributed by atoms with Gasteiger partial charge in [0.15, 0.2) is 0 Å². The number of carbonyl (C=O) groups is 2. The number of hydrogen-bond donors (Lipinski definition) is 2. The first-order chi connectivity index (χ1) is 16.3. The van der Waals surface area contributed by atoms with Crippen molar-refractivity contribution < 1.29 is 9.59 Å². The van der Waals surface area contributed by atoms with Crippen LogP contribution >= 0.6 is 0 Å². The van der Waals surface area contributed by atoms with Crippen LogP contribution in [0.4, 0.5) is 5.82 Å². The van der Waals surface area contributed by atoms with Crippen LogP contribution in [-0.2, 0) is 9.59 Å². The molecule has 180 valence electrons. The third kappa shape index (κ3) is 3.22. The molecule has 3 unspecified atom stereocenters. The van der Waals surface area contributed by atoms with Crippen molar-refractivity contribution in [3.05, 3.63) is 23.9 Å². The van der Waals surface area contributed by atoms with Crippen molar-refractivity contribution in [3.8, 4) is 6.07 Å². The summed E-state index contributed by atoms with van der Waals surface area (Å²) in [4.78, 5) is 29.5. The quantitative estimate of drug-likeness (QED) is 0.677. The van der Waals surface area contributed by atoms with E-state index in [9.17, 15) is 9.59 Å². The number of nitrogens with one attached hydrogen (secondary N) is 2. The summed E-state index contributed by atoms with van der Waals surface area (Å²) < 4.78 is 0. The van der Waals surface area contributed by atoms with Crippen molar-refractivity contribution in [3.63, 3.8) is 0 Å². The molecule has 4 saturated carbocycles. The molecule has 2 heterocycles. The van der Waals surface area contributed by atoms with Gasteiger partial charge in [-0.25, -0.2) is 4.98 Å². The number of hydrogen-bond acceptors (Lipinski definition) is 4. The normalized spacial score (nSPS) is 41.4. The van der Waals surface area contributed by atoms with Crippen molar-refractivity contribution in [1.82, 2.24) is 10.3 Å². The fourth-order valence-electron chi connectivity index (χ4n) is 9.20. The summed E-state index contributed by atoms with van der Waals surface area (Å²) in [5, 5.41) is 15.4. The van der Waals surface area contributed by atoms with Crippen LogP contribution < -0.4 is 10.6 Å². The summed E-state index contributed by atoms with van der Waals surface area (Å²) in [6, 6.07) is 5.83. The summed E-state index contributed by atoms with van der Waals surface area (Å²) in [6.07, 6.45) is 12.4. The van der Waals surface area contributed by atoms with Crippen molar-refractivity contribution in [1.29, 1.82) is 5.26 Å². The van der Waals surface area contributed by atoms with Gasteiger partial charge in [-0.1, -0.05) is 13.8 Å².